The minimum Gasteiger partial charge on any atom is -0.321 e. The molecule has 0 bridgehead atoms. The lowest BCUT2D eigenvalue weighted by molar-refractivity contribution is -0.130. The number of benzene rings is 1. The molecule has 1 aliphatic rings. The normalized spacial score (nSPS) is 22.4. The van der Waals surface area contributed by atoms with Crippen LogP contribution in [0.25, 0.3) is 0 Å². The molecule has 0 aliphatic carbocycles. The first kappa shape index (κ1) is 15.9. The van der Waals surface area contributed by atoms with E-state index in [0.717, 1.165) is 25.0 Å². The Labute approximate surface area is 124 Å². The molecule has 1 aromatic rings. The molecule has 0 radical (unpaired) electrons. The Morgan fingerprint density at radius 3 is 2.48 bits per heavy atom. The minimum absolute atomic E-state index is 0.0108. The molecule has 1 amide bonds. The van der Waals surface area contributed by atoms with Crippen LogP contribution in [0.2, 0.25) is 0 Å². The number of amides is 1. The van der Waals surface area contributed by atoms with Gasteiger partial charge in [-0.3, -0.25) is 10.1 Å². The van der Waals surface area contributed by atoms with Crippen molar-refractivity contribution in [2.45, 2.75) is 45.8 Å². The molecule has 1 heterocycles. The maximum atomic E-state index is 13.4. The van der Waals surface area contributed by atoms with Crippen molar-refractivity contribution in [3.63, 3.8) is 0 Å². The highest BCUT2D eigenvalue weighted by molar-refractivity contribution is 5.84. The van der Waals surface area contributed by atoms with E-state index in [9.17, 15) is 13.6 Å². The topological polar surface area (TPSA) is 32.3 Å². The van der Waals surface area contributed by atoms with Crippen LogP contribution in [-0.4, -0.2) is 23.4 Å². The van der Waals surface area contributed by atoms with Gasteiger partial charge in [0.1, 0.15) is 6.17 Å². The summed E-state index contributed by atoms with van der Waals surface area (Å²) < 4.78 is 26.5. The van der Waals surface area contributed by atoms with Crippen LogP contribution in [0.3, 0.4) is 0 Å². The third-order valence-corrected chi connectivity index (χ3v) is 4.24. The zero-order chi connectivity index (χ0) is 15.6. The van der Waals surface area contributed by atoms with Crippen LogP contribution in [0.4, 0.5) is 8.78 Å². The Balaban J connectivity index is 2.26. The summed E-state index contributed by atoms with van der Waals surface area (Å²) in [6, 6.07) is 3.49. The summed E-state index contributed by atoms with van der Waals surface area (Å²) in [5.41, 5.74) is 0.581. The second-order valence-electron chi connectivity index (χ2n) is 5.64. The molecule has 116 valence electrons. The number of carbonyl (C=O) groups is 1. The molecule has 5 heteroatoms. The predicted molar refractivity (Wildman–Crippen MR) is 77.5 cm³/mol. The van der Waals surface area contributed by atoms with Gasteiger partial charge in [-0.05, 0) is 30.5 Å². The lowest BCUT2D eigenvalue weighted by Crippen LogP contribution is -2.35. The van der Waals surface area contributed by atoms with Crippen LogP contribution < -0.4 is 5.32 Å². The Bertz CT molecular complexity index is 517. The first-order valence-electron chi connectivity index (χ1n) is 7.49. The zero-order valence-corrected chi connectivity index (χ0v) is 12.7. The summed E-state index contributed by atoms with van der Waals surface area (Å²) in [7, 11) is 0. The van der Waals surface area contributed by atoms with E-state index in [1.165, 1.54) is 6.07 Å². The van der Waals surface area contributed by atoms with Crippen LogP contribution in [0.15, 0.2) is 18.2 Å². The van der Waals surface area contributed by atoms with Crippen molar-refractivity contribution in [3.05, 3.63) is 35.4 Å². The molecule has 1 aromatic carbocycles. The monoisotopic (exact) mass is 296 g/mol. The first-order valence-corrected chi connectivity index (χ1v) is 7.49. The van der Waals surface area contributed by atoms with Gasteiger partial charge < -0.3 is 4.90 Å². The molecule has 1 aliphatic heterocycles. The van der Waals surface area contributed by atoms with Crippen molar-refractivity contribution < 1.29 is 13.6 Å². The molecule has 2 unspecified atom stereocenters. The van der Waals surface area contributed by atoms with Crippen molar-refractivity contribution in [1.29, 1.82) is 0 Å². The van der Waals surface area contributed by atoms with Gasteiger partial charge in [0, 0.05) is 6.54 Å². The van der Waals surface area contributed by atoms with E-state index in [-0.39, 0.29) is 18.1 Å². The fourth-order valence-electron chi connectivity index (χ4n) is 2.75. The van der Waals surface area contributed by atoms with Gasteiger partial charge in [-0.25, -0.2) is 8.78 Å². The van der Waals surface area contributed by atoms with Gasteiger partial charge in [0.25, 0.3) is 0 Å². The number of halogens is 2. The largest absolute Gasteiger partial charge is 0.321 e. The fourth-order valence-corrected chi connectivity index (χ4v) is 2.75. The lowest BCUT2D eigenvalue weighted by Gasteiger charge is -2.28. The van der Waals surface area contributed by atoms with E-state index in [1.54, 1.807) is 11.8 Å². The van der Waals surface area contributed by atoms with Gasteiger partial charge in [-0.1, -0.05) is 32.8 Å². The summed E-state index contributed by atoms with van der Waals surface area (Å²) in [6.07, 6.45) is 1.58. The maximum Gasteiger partial charge on any atom is 0.241 e. The molecule has 2 rings (SSSR count). The average Bonchev–Trinajstić information content (AvgIpc) is 2.75. The average molecular weight is 296 g/mol. The first-order chi connectivity index (χ1) is 9.97. The molecule has 0 spiro atoms. The van der Waals surface area contributed by atoms with E-state index >= 15 is 0 Å². The van der Waals surface area contributed by atoms with E-state index < -0.39 is 11.6 Å². The van der Waals surface area contributed by atoms with E-state index in [4.69, 9.17) is 0 Å². The molecular weight excluding hydrogens is 274 g/mol. The van der Waals surface area contributed by atoms with Crippen LogP contribution in [0.1, 0.15) is 45.3 Å². The summed E-state index contributed by atoms with van der Waals surface area (Å²) >= 11 is 0. The number of rotatable bonds is 5. The predicted octanol–water partition coefficient (Wildman–Crippen LogP) is 3.22. The van der Waals surface area contributed by atoms with Gasteiger partial charge in [-0.15, -0.1) is 0 Å². The highest BCUT2D eigenvalue weighted by Gasteiger charge is 2.37. The SMILES string of the molecule is CCC(CC)CN1C(=O)C(C)NC1c1ccc(F)c(F)c1. The van der Waals surface area contributed by atoms with Crippen LogP contribution in [0.5, 0.6) is 0 Å². The second kappa shape index (κ2) is 6.52. The fraction of sp³-hybridized carbons (Fsp3) is 0.562. The molecular formula is C16H22F2N2O. The smallest absolute Gasteiger partial charge is 0.241 e. The van der Waals surface area contributed by atoms with Gasteiger partial charge in [-0.2, -0.15) is 0 Å². The molecule has 21 heavy (non-hydrogen) atoms. The zero-order valence-electron chi connectivity index (χ0n) is 12.7. The van der Waals surface area contributed by atoms with E-state index in [2.05, 4.69) is 19.2 Å². The van der Waals surface area contributed by atoms with Gasteiger partial charge >= 0.3 is 0 Å². The van der Waals surface area contributed by atoms with Crippen molar-refractivity contribution in [3.8, 4) is 0 Å². The van der Waals surface area contributed by atoms with E-state index in [1.807, 2.05) is 0 Å². The van der Waals surface area contributed by atoms with Crippen LogP contribution in [0, 0.1) is 17.6 Å². The van der Waals surface area contributed by atoms with Crippen molar-refractivity contribution >= 4 is 5.91 Å². The van der Waals surface area contributed by atoms with Gasteiger partial charge in [0.05, 0.1) is 6.04 Å². The van der Waals surface area contributed by atoms with Gasteiger partial charge in [0.2, 0.25) is 5.91 Å². The summed E-state index contributed by atoms with van der Waals surface area (Å²) in [5.74, 6) is -1.34. The lowest BCUT2D eigenvalue weighted by atomic mass is 10.0. The number of carbonyl (C=O) groups excluding carboxylic acids is 1. The third kappa shape index (κ3) is 3.23. The van der Waals surface area contributed by atoms with Crippen molar-refractivity contribution in [1.82, 2.24) is 10.2 Å². The summed E-state index contributed by atoms with van der Waals surface area (Å²) in [6.45, 7) is 6.62. The molecule has 3 nitrogen and oxygen atoms in total. The Morgan fingerprint density at radius 1 is 1.24 bits per heavy atom. The maximum absolute atomic E-state index is 13.4. The molecule has 1 fully saturated rings. The molecule has 1 N–H and O–H groups in total. The van der Waals surface area contributed by atoms with E-state index in [0.29, 0.717) is 18.0 Å². The van der Waals surface area contributed by atoms with Gasteiger partial charge in [0.15, 0.2) is 11.6 Å². The Kier molecular flexibility index (Phi) is 4.93. The molecule has 0 aromatic heterocycles. The number of hydrogen-bond acceptors (Lipinski definition) is 2. The molecule has 2 atom stereocenters. The summed E-state index contributed by atoms with van der Waals surface area (Å²) in [4.78, 5) is 14.0. The standard InChI is InChI=1S/C16H22F2N2O/c1-4-11(5-2)9-20-15(19-10(3)16(20)21)12-6-7-13(17)14(18)8-12/h6-8,10-11,15,19H,4-5,9H2,1-3H3. The second-order valence-corrected chi connectivity index (χ2v) is 5.64. The third-order valence-electron chi connectivity index (χ3n) is 4.24. The number of nitrogens with zero attached hydrogens (tertiary/aromatic N) is 1. The van der Waals surface area contributed by atoms with Crippen LogP contribution in [-0.2, 0) is 4.79 Å². The highest BCUT2D eigenvalue weighted by Crippen LogP contribution is 2.28. The number of nitrogens with one attached hydrogen (secondary N) is 1. The molecule has 1 saturated heterocycles. The van der Waals surface area contributed by atoms with Crippen LogP contribution >= 0.6 is 0 Å². The molecule has 0 saturated carbocycles. The van der Waals surface area contributed by atoms with Crippen molar-refractivity contribution in [2.75, 3.05) is 6.54 Å². The Morgan fingerprint density at radius 2 is 1.90 bits per heavy atom. The summed E-state index contributed by atoms with van der Waals surface area (Å²) in [5, 5.41) is 3.16. The van der Waals surface area contributed by atoms with Crippen molar-refractivity contribution in [2.24, 2.45) is 5.92 Å². The Hall–Kier alpha value is -1.49. The number of hydrogen-bond donors (Lipinski definition) is 1. The minimum atomic E-state index is -0.885. The quantitative estimate of drug-likeness (QED) is 0.905. The highest BCUT2D eigenvalue weighted by atomic mass is 19.2.